The lowest BCUT2D eigenvalue weighted by atomic mass is 10.1. The first-order valence-corrected chi connectivity index (χ1v) is 7.19. The van der Waals surface area contributed by atoms with Crippen LogP contribution in [0.5, 0.6) is 11.5 Å². The Morgan fingerprint density at radius 1 is 1.38 bits per heavy atom. The molecule has 0 aliphatic rings. The fourth-order valence-corrected chi connectivity index (χ4v) is 2.24. The average Bonchev–Trinajstić information content (AvgIpc) is 2.86. The van der Waals surface area contributed by atoms with Gasteiger partial charge in [0.15, 0.2) is 11.5 Å². The lowest BCUT2D eigenvalue weighted by Crippen LogP contribution is -2.26. The Morgan fingerprint density at radius 3 is 2.62 bits per heavy atom. The summed E-state index contributed by atoms with van der Waals surface area (Å²) < 4.78 is 35.8. The maximum absolute atomic E-state index is 12.5. The fraction of sp³-hybridized carbons (Fsp3) is 0.375. The van der Waals surface area contributed by atoms with Gasteiger partial charge in [-0.05, 0) is 25.1 Å². The van der Waals surface area contributed by atoms with Crippen LogP contribution in [0.4, 0.5) is 8.78 Å². The van der Waals surface area contributed by atoms with E-state index < -0.39 is 6.61 Å². The third-order valence-electron chi connectivity index (χ3n) is 3.72. The second-order valence-electron chi connectivity index (χ2n) is 5.28. The molecule has 0 bridgehead atoms. The molecule has 0 radical (unpaired) electrons. The number of methoxy groups -OCH3 is 1. The summed E-state index contributed by atoms with van der Waals surface area (Å²) in [5, 5.41) is 4.14. The molecule has 6 nitrogen and oxygen atoms in total. The fourth-order valence-electron chi connectivity index (χ4n) is 2.24. The highest BCUT2D eigenvalue weighted by atomic mass is 19.3. The van der Waals surface area contributed by atoms with Gasteiger partial charge in [0.05, 0.1) is 13.3 Å². The van der Waals surface area contributed by atoms with Crippen LogP contribution in [0.1, 0.15) is 21.6 Å². The first kappa shape index (κ1) is 17.7. The molecule has 0 spiro atoms. The number of carbonyl (C=O) groups is 1. The van der Waals surface area contributed by atoms with Gasteiger partial charge in [0.2, 0.25) is 0 Å². The van der Waals surface area contributed by atoms with Crippen molar-refractivity contribution in [1.82, 2.24) is 14.7 Å². The first-order chi connectivity index (χ1) is 11.3. The number of nitrogens with zero attached hydrogens (tertiary/aromatic N) is 3. The second-order valence-corrected chi connectivity index (χ2v) is 5.28. The number of carbonyl (C=O) groups excluding carboxylic acids is 1. The molecule has 1 aromatic heterocycles. The lowest BCUT2D eigenvalue weighted by molar-refractivity contribution is -0.0512. The van der Waals surface area contributed by atoms with E-state index in [2.05, 4.69) is 9.84 Å². The van der Waals surface area contributed by atoms with Gasteiger partial charge in [-0.2, -0.15) is 13.9 Å². The molecule has 0 aliphatic heterocycles. The zero-order chi connectivity index (χ0) is 17.9. The van der Waals surface area contributed by atoms with Crippen LogP contribution in [0.25, 0.3) is 0 Å². The normalized spacial score (nSPS) is 10.8. The van der Waals surface area contributed by atoms with Gasteiger partial charge in [-0.3, -0.25) is 9.48 Å². The highest BCUT2D eigenvalue weighted by Gasteiger charge is 2.18. The van der Waals surface area contributed by atoms with Crippen LogP contribution in [0.3, 0.4) is 0 Å². The van der Waals surface area contributed by atoms with Crippen molar-refractivity contribution < 1.29 is 23.0 Å². The second kappa shape index (κ2) is 7.29. The van der Waals surface area contributed by atoms with Crippen molar-refractivity contribution in [3.05, 3.63) is 41.2 Å². The van der Waals surface area contributed by atoms with Gasteiger partial charge in [-0.1, -0.05) is 0 Å². The van der Waals surface area contributed by atoms with Gasteiger partial charge in [-0.25, -0.2) is 0 Å². The van der Waals surface area contributed by atoms with E-state index in [1.54, 1.807) is 17.9 Å². The Balaban J connectivity index is 2.17. The number of aromatic nitrogens is 2. The predicted molar refractivity (Wildman–Crippen MR) is 83.4 cm³/mol. The number of amides is 1. The van der Waals surface area contributed by atoms with Crippen molar-refractivity contribution in [1.29, 1.82) is 0 Å². The number of alkyl halides is 2. The van der Waals surface area contributed by atoms with Gasteiger partial charge in [-0.15, -0.1) is 0 Å². The molecule has 0 N–H and O–H groups in total. The highest BCUT2D eigenvalue weighted by molar-refractivity contribution is 5.94. The Bertz CT molecular complexity index is 731. The van der Waals surface area contributed by atoms with Crippen molar-refractivity contribution in [3.63, 3.8) is 0 Å². The number of aryl methyl sites for hydroxylation is 1. The maximum Gasteiger partial charge on any atom is 0.387 e. The molecule has 130 valence electrons. The van der Waals surface area contributed by atoms with Crippen LogP contribution in [0, 0.1) is 6.92 Å². The van der Waals surface area contributed by atoms with E-state index in [0.29, 0.717) is 12.1 Å². The summed E-state index contributed by atoms with van der Waals surface area (Å²) in [7, 11) is 4.81. The third kappa shape index (κ3) is 3.81. The molecule has 0 atom stereocenters. The van der Waals surface area contributed by atoms with E-state index in [0.717, 1.165) is 11.3 Å². The van der Waals surface area contributed by atoms with Crippen molar-refractivity contribution in [2.45, 2.75) is 20.1 Å². The van der Waals surface area contributed by atoms with Crippen LogP contribution in [-0.4, -0.2) is 41.4 Å². The Labute approximate surface area is 138 Å². The van der Waals surface area contributed by atoms with E-state index in [9.17, 15) is 13.6 Å². The largest absolute Gasteiger partial charge is 0.493 e. The molecule has 8 heteroatoms. The molecule has 1 heterocycles. The molecule has 1 amide bonds. The van der Waals surface area contributed by atoms with Crippen LogP contribution >= 0.6 is 0 Å². The van der Waals surface area contributed by atoms with Gasteiger partial charge in [0, 0.05) is 37.5 Å². The van der Waals surface area contributed by atoms with E-state index in [1.807, 2.05) is 14.0 Å². The van der Waals surface area contributed by atoms with Gasteiger partial charge < -0.3 is 14.4 Å². The summed E-state index contributed by atoms with van der Waals surface area (Å²) in [4.78, 5) is 14.0. The van der Waals surface area contributed by atoms with Gasteiger partial charge >= 0.3 is 6.61 Å². The molecule has 24 heavy (non-hydrogen) atoms. The van der Waals surface area contributed by atoms with E-state index in [1.165, 1.54) is 30.2 Å². The minimum atomic E-state index is -2.96. The minimum Gasteiger partial charge on any atom is -0.493 e. The highest BCUT2D eigenvalue weighted by Crippen LogP contribution is 2.30. The number of hydrogen-bond donors (Lipinski definition) is 0. The average molecular weight is 339 g/mol. The molecule has 1 aromatic carbocycles. The number of ether oxygens (including phenoxy) is 2. The van der Waals surface area contributed by atoms with Crippen molar-refractivity contribution >= 4 is 5.91 Å². The standard InChI is InChI=1S/C16H19F2N3O3/c1-10-12(8-19-21(10)3)9-20(2)15(22)11-5-6-13(24-16(17)18)14(7-11)23-4/h5-8,16H,9H2,1-4H3. The molecular weight excluding hydrogens is 320 g/mol. The topological polar surface area (TPSA) is 56.6 Å². The maximum atomic E-state index is 12.5. The molecule has 0 fully saturated rings. The van der Waals surface area contributed by atoms with E-state index in [4.69, 9.17) is 4.74 Å². The van der Waals surface area contributed by atoms with E-state index in [-0.39, 0.29) is 17.4 Å². The predicted octanol–water partition coefficient (Wildman–Crippen LogP) is 2.61. The number of hydrogen-bond acceptors (Lipinski definition) is 4. The van der Waals surface area contributed by atoms with Gasteiger partial charge in [0.25, 0.3) is 5.91 Å². The summed E-state index contributed by atoms with van der Waals surface area (Å²) in [5.41, 5.74) is 2.21. The number of halogens is 2. The quantitative estimate of drug-likeness (QED) is 0.812. The SMILES string of the molecule is COc1cc(C(=O)N(C)Cc2cnn(C)c2C)ccc1OC(F)F. The number of benzene rings is 1. The molecule has 0 saturated heterocycles. The zero-order valence-corrected chi connectivity index (χ0v) is 13.9. The smallest absolute Gasteiger partial charge is 0.387 e. The Hall–Kier alpha value is -2.64. The Kier molecular flexibility index (Phi) is 5.38. The van der Waals surface area contributed by atoms with Crippen LogP contribution in [-0.2, 0) is 13.6 Å². The molecular formula is C16H19F2N3O3. The number of rotatable bonds is 6. The lowest BCUT2D eigenvalue weighted by Gasteiger charge is -2.18. The Morgan fingerprint density at radius 2 is 2.08 bits per heavy atom. The molecule has 0 aliphatic carbocycles. The van der Waals surface area contributed by atoms with Crippen molar-refractivity contribution in [3.8, 4) is 11.5 Å². The van der Waals surface area contributed by atoms with Gasteiger partial charge in [0.1, 0.15) is 0 Å². The summed E-state index contributed by atoms with van der Waals surface area (Å²) in [6, 6.07) is 4.10. The van der Waals surface area contributed by atoms with E-state index >= 15 is 0 Å². The third-order valence-corrected chi connectivity index (χ3v) is 3.72. The molecule has 2 rings (SSSR count). The van der Waals surface area contributed by atoms with Crippen LogP contribution in [0.2, 0.25) is 0 Å². The molecule has 0 saturated carbocycles. The summed E-state index contributed by atoms with van der Waals surface area (Å²) in [5.74, 6) is -0.304. The van der Waals surface area contributed by atoms with Crippen LogP contribution < -0.4 is 9.47 Å². The molecule has 2 aromatic rings. The van der Waals surface area contributed by atoms with Crippen molar-refractivity contribution in [2.75, 3.05) is 14.2 Å². The first-order valence-electron chi connectivity index (χ1n) is 7.19. The molecule has 0 unspecified atom stereocenters. The zero-order valence-electron chi connectivity index (χ0n) is 13.9. The van der Waals surface area contributed by atoms with Crippen LogP contribution in [0.15, 0.2) is 24.4 Å². The summed E-state index contributed by atoms with van der Waals surface area (Å²) in [6.07, 6.45) is 1.71. The minimum absolute atomic E-state index is 0.0760. The summed E-state index contributed by atoms with van der Waals surface area (Å²) in [6.45, 7) is -0.660. The monoisotopic (exact) mass is 339 g/mol. The van der Waals surface area contributed by atoms with Crippen molar-refractivity contribution in [2.24, 2.45) is 7.05 Å². The summed E-state index contributed by atoms with van der Waals surface area (Å²) >= 11 is 0.